The van der Waals surface area contributed by atoms with E-state index in [0.29, 0.717) is 5.02 Å². The van der Waals surface area contributed by atoms with E-state index in [1.165, 1.54) is 24.3 Å². The van der Waals surface area contributed by atoms with Crippen molar-refractivity contribution in [2.45, 2.75) is 29.5 Å². The lowest BCUT2D eigenvalue weighted by molar-refractivity contribution is 0.0907. The molecular weight excluding hydrogens is 330 g/mol. The van der Waals surface area contributed by atoms with E-state index in [4.69, 9.17) is 16.1 Å². The van der Waals surface area contributed by atoms with Gasteiger partial charge in [-0.3, -0.25) is 4.79 Å². The Labute approximate surface area is 131 Å². The summed E-state index contributed by atoms with van der Waals surface area (Å²) in [6.07, 6.45) is 1.86. The molecule has 0 radical (unpaired) electrons. The second kappa shape index (κ2) is 5.69. The van der Waals surface area contributed by atoms with Gasteiger partial charge in [-0.05, 0) is 37.1 Å². The molecule has 7 nitrogen and oxygen atoms in total. The first-order valence-electron chi connectivity index (χ1n) is 6.56. The molecule has 1 aromatic carbocycles. The van der Waals surface area contributed by atoms with Crippen LogP contribution in [-0.2, 0) is 15.6 Å². The van der Waals surface area contributed by atoms with Gasteiger partial charge in [-0.2, -0.15) is 4.98 Å². The first-order valence-corrected chi connectivity index (χ1v) is 8.59. The normalized spacial score (nSPS) is 14.8. The lowest BCUT2D eigenvalue weighted by Gasteiger charge is -2.01. The van der Waals surface area contributed by atoms with Gasteiger partial charge in [0.1, 0.15) is 5.75 Å². The van der Waals surface area contributed by atoms with Gasteiger partial charge < -0.3 is 9.84 Å². The monoisotopic (exact) mass is 341 g/mol. The average Bonchev–Trinajstić information content (AvgIpc) is 3.15. The predicted molar refractivity (Wildman–Crippen MR) is 77.1 cm³/mol. The summed E-state index contributed by atoms with van der Waals surface area (Å²) in [5, 5.41) is 6.67. The third-order valence-corrected chi connectivity index (χ3v) is 4.95. The highest BCUT2D eigenvalue weighted by molar-refractivity contribution is 7.90. The van der Waals surface area contributed by atoms with Crippen molar-refractivity contribution < 1.29 is 17.7 Å². The van der Waals surface area contributed by atoms with E-state index in [0.717, 1.165) is 12.8 Å². The fourth-order valence-electron chi connectivity index (χ4n) is 1.77. The highest BCUT2D eigenvalue weighted by Gasteiger charge is 2.27. The molecule has 1 fully saturated rings. The van der Waals surface area contributed by atoms with Crippen LogP contribution in [0.15, 0.2) is 33.7 Å². The van der Waals surface area contributed by atoms with E-state index >= 15 is 0 Å². The summed E-state index contributed by atoms with van der Waals surface area (Å²) in [6.45, 7) is 0. The molecule has 0 atom stereocenters. The van der Waals surface area contributed by atoms with Crippen LogP contribution in [0.25, 0.3) is 0 Å². The standard InChI is InChI=1S/C13H12ClN3O4S/c14-8-1-5-10(6-2-8)22(19,20)7-11-16-13(21-17-11)12(18)15-9-3-4-9/h1-2,5-6,9H,3-4,7H2,(H,15,18). The van der Waals surface area contributed by atoms with Crippen molar-refractivity contribution in [1.29, 1.82) is 0 Å². The van der Waals surface area contributed by atoms with Gasteiger partial charge in [0.25, 0.3) is 0 Å². The van der Waals surface area contributed by atoms with E-state index in [-0.39, 0.29) is 22.7 Å². The number of rotatable bonds is 5. The number of carbonyl (C=O) groups is 1. The molecular formula is C13H12ClN3O4S. The van der Waals surface area contributed by atoms with Crippen LogP contribution in [-0.4, -0.2) is 30.5 Å². The Morgan fingerprint density at radius 1 is 1.32 bits per heavy atom. The fourth-order valence-corrected chi connectivity index (χ4v) is 3.08. The highest BCUT2D eigenvalue weighted by atomic mass is 35.5. The maximum absolute atomic E-state index is 12.2. The zero-order valence-electron chi connectivity index (χ0n) is 11.3. The summed E-state index contributed by atoms with van der Waals surface area (Å²) in [5.41, 5.74) is 0. The Kier molecular flexibility index (Phi) is 3.88. The number of nitrogens with one attached hydrogen (secondary N) is 1. The molecule has 22 heavy (non-hydrogen) atoms. The lowest BCUT2D eigenvalue weighted by atomic mass is 10.4. The van der Waals surface area contributed by atoms with Crippen molar-refractivity contribution in [2.75, 3.05) is 0 Å². The van der Waals surface area contributed by atoms with Gasteiger partial charge in [-0.1, -0.05) is 16.8 Å². The van der Waals surface area contributed by atoms with Crippen LogP contribution in [0.2, 0.25) is 5.02 Å². The molecule has 1 aromatic heterocycles. The number of halogens is 1. The van der Waals surface area contributed by atoms with Gasteiger partial charge in [0.2, 0.25) is 0 Å². The molecule has 9 heteroatoms. The fraction of sp³-hybridized carbons (Fsp3) is 0.308. The number of carbonyl (C=O) groups excluding carboxylic acids is 1. The minimum Gasteiger partial charge on any atom is -0.345 e. The molecule has 3 rings (SSSR count). The predicted octanol–water partition coefficient (Wildman–Crippen LogP) is 1.59. The summed E-state index contributed by atoms with van der Waals surface area (Å²) in [7, 11) is -3.63. The van der Waals surface area contributed by atoms with Gasteiger partial charge in [-0.25, -0.2) is 8.42 Å². The Morgan fingerprint density at radius 3 is 2.64 bits per heavy atom. The zero-order chi connectivity index (χ0) is 15.7. The summed E-state index contributed by atoms with van der Waals surface area (Å²) < 4.78 is 29.2. The third-order valence-electron chi connectivity index (χ3n) is 3.07. The van der Waals surface area contributed by atoms with Gasteiger partial charge in [0.05, 0.1) is 4.90 Å². The summed E-state index contributed by atoms with van der Waals surface area (Å²) in [5.74, 6) is -1.22. The van der Waals surface area contributed by atoms with Crippen molar-refractivity contribution in [3.8, 4) is 0 Å². The minimum atomic E-state index is -3.63. The largest absolute Gasteiger partial charge is 0.345 e. The molecule has 0 bridgehead atoms. The van der Waals surface area contributed by atoms with Gasteiger partial charge in [-0.15, -0.1) is 0 Å². The molecule has 0 unspecified atom stereocenters. The molecule has 0 spiro atoms. The smallest absolute Gasteiger partial charge is 0.315 e. The molecule has 1 aliphatic rings. The molecule has 2 aromatic rings. The van der Waals surface area contributed by atoms with Crippen LogP contribution in [0.5, 0.6) is 0 Å². The molecule has 0 saturated heterocycles. The minimum absolute atomic E-state index is 0.0594. The van der Waals surface area contributed by atoms with Gasteiger partial charge in [0, 0.05) is 11.1 Å². The van der Waals surface area contributed by atoms with E-state index in [2.05, 4.69) is 15.5 Å². The Hall–Kier alpha value is -1.93. The first-order chi connectivity index (χ1) is 10.4. The maximum atomic E-state index is 12.2. The zero-order valence-corrected chi connectivity index (χ0v) is 12.9. The SMILES string of the molecule is O=C(NC1CC1)c1nc(CS(=O)(=O)c2ccc(Cl)cc2)no1. The van der Waals surface area contributed by atoms with Crippen LogP contribution in [0.4, 0.5) is 0 Å². The average molecular weight is 342 g/mol. The van der Waals surface area contributed by atoms with Crippen LogP contribution in [0.1, 0.15) is 29.4 Å². The third kappa shape index (κ3) is 3.45. The summed E-state index contributed by atoms with van der Waals surface area (Å²) in [4.78, 5) is 15.6. The van der Waals surface area contributed by atoms with Gasteiger partial charge in [0.15, 0.2) is 15.7 Å². The molecule has 1 saturated carbocycles. The molecule has 1 amide bonds. The number of nitrogens with zero attached hydrogens (tertiary/aromatic N) is 2. The van der Waals surface area contributed by atoms with Crippen molar-refractivity contribution in [1.82, 2.24) is 15.5 Å². The number of aromatic nitrogens is 2. The summed E-state index contributed by atoms with van der Waals surface area (Å²) in [6, 6.07) is 5.93. The molecule has 0 aliphatic heterocycles. The topological polar surface area (TPSA) is 102 Å². The molecule has 1 heterocycles. The quantitative estimate of drug-likeness (QED) is 0.886. The van der Waals surface area contributed by atoms with Crippen LogP contribution in [0.3, 0.4) is 0 Å². The van der Waals surface area contributed by atoms with E-state index in [9.17, 15) is 13.2 Å². The lowest BCUT2D eigenvalue weighted by Crippen LogP contribution is -2.25. The van der Waals surface area contributed by atoms with Crippen molar-refractivity contribution in [3.63, 3.8) is 0 Å². The van der Waals surface area contributed by atoms with Crippen LogP contribution < -0.4 is 5.32 Å². The van der Waals surface area contributed by atoms with E-state index < -0.39 is 21.5 Å². The number of sulfone groups is 1. The van der Waals surface area contributed by atoms with Crippen molar-refractivity contribution >= 4 is 27.3 Å². The molecule has 1 aliphatic carbocycles. The van der Waals surface area contributed by atoms with Crippen LogP contribution >= 0.6 is 11.6 Å². The second-order valence-electron chi connectivity index (χ2n) is 4.98. The Balaban J connectivity index is 1.73. The van der Waals surface area contributed by atoms with Crippen molar-refractivity contribution in [3.05, 3.63) is 41.0 Å². The van der Waals surface area contributed by atoms with Crippen LogP contribution in [0, 0.1) is 0 Å². The van der Waals surface area contributed by atoms with Gasteiger partial charge >= 0.3 is 11.8 Å². The second-order valence-corrected chi connectivity index (χ2v) is 7.40. The maximum Gasteiger partial charge on any atom is 0.315 e. The number of hydrogen-bond donors (Lipinski definition) is 1. The molecule has 116 valence electrons. The Morgan fingerprint density at radius 2 is 2.00 bits per heavy atom. The summed E-state index contributed by atoms with van der Waals surface area (Å²) >= 11 is 5.73. The van der Waals surface area contributed by atoms with E-state index in [1.54, 1.807) is 0 Å². The van der Waals surface area contributed by atoms with E-state index in [1.807, 2.05) is 0 Å². The van der Waals surface area contributed by atoms with Crippen molar-refractivity contribution in [2.24, 2.45) is 0 Å². The molecule has 1 N–H and O–H groups in total. The first kappa shape index (κ1) is 15.0. The number of hydrogen-bond acceptors (Lipinski definition) is 6. The number of benzene rings is 1. The number of amides is 1. The highest BCUT2D eigenvalue weighted by Crippen LogP contribution is 2.20. The Bertz CT molecular complexity index is 797.